The molecule has 2 aromatic heterocycles. The molecule has 114 valence electrons. The van der Waals surface area contributed by atoms with Crippen molar-refractivity contribution >= 4 is 22.5 Å². The fourth-order valence-corrected chi connectivity index (χ4v) is 4.46. The monoisotopic (exact) mass is 314 g/mol. The smallest absolute Gasteiger partial charge is 0.205 e. The predicted molar refractivity (Wildman–Crippen MR) is 85.5 cm³/mol. The van der Waals surface area contributed by atoms with Gasteiger partial charge in [0, 0.05) is 42.3 Å². The highest BCUT2D eigenvalue weighted by atomic mass is 32.1. The molecule has 1 saturated carbocycles. The van der Waals surface area contributed by atoms with Crippen LogP contribution in [0.5, 0.6) is 0 Å². The summed E-state index contributed by atoms with van der Waals surface area (Å²) in [5.74, 6) is 2.66. The fraction of sp³-hybridized carbons (Fsp3) is 0.600. The number of anilines is 2. The number of nitrogens with zero attached hydrogens (tertiary/aromatic N) is 6. The van der Waals surface area contributed by atoms with Crippen LogP contribution in [0.3, 0.4) is 0 Å². The van der Waals surface area contributed by atoms with E-state index in [1.165, 1.54) is 36.5 Å². The number of fused-ring (bicyclic) bond motifs is 2. The van der Waals surface area contributed by atoms with E-state index in [-0.39, 0.29) is 0 Å². The molecule has 22 heavy (non-hydrogen) atoms. The quantitative estimate of drug-likeness (QED) is 0.863. The maximum Gasteiger partial charge on any atom is 0.205 e. The van der Waals surface area contributed by atoms with Gasteiger partial charge in [-0.15, -0.1) is 0 Å². The van der Waals surface area contributed by atoms with Crippen LogP contribution in [0.4, 0.5) is 10.9 Å². The Bertz CT molecular complexity index is 700. The van der Waals surface area contributed by atoms with Gasteiger partial charge in [0.1, 0.15) is 18.0 Å². The molecule has 0 amide bonds. The number of rotatable bonds is 3. The minimum Gasteiger partial charge on any atom is -0.352 e. The van der Waals surface area contributed by atoms with Crippen LogP contribution in [0.15, 0.2) is 12.4 Å². The summed E-state index contributed by atoms with van der Waals surface area (Å²) in [6.07, 6.45) is 5.56. The first-order chi connectivity index (χ1) is 10.8. The number of aryl methyl sites for hydroxylation is 1. The van der Waals surface area contributed by atoms with E-state index < -0.39 is 0 Å². The normalized spacial score (nSPS) is 27.0. The predicted octanol–water partition coefficient (Wildman–Crippen LogP) is 1.98. The van der Waals surface area contributed by atoms with E-state index >= 15 is 0 Å². The van der Waals surface area contributed by atoms with Gasteiger partial charge in [-0.05, 0) is 26.2 Å². The molecule has 3 aliphatic heterocycles. The molecular formula is C15H18N6S. The number of hydrogen-bond acceptors (Lipinski definition) is 7. The maximum atomic E-state index is 4.55. The molecule has 6 nitrogen and oxygen atoms in total. The third-order valence-electron chi connectivity index (χ3n) is 4.92. The van der Waals surface area contributed by atoms with Crippen molar-refractivity contribution in [2.24, 2.45) is 0 Å². The van der Waals surface area contributed by atoms with Crippen molar-refractivity contribution < 1.29 is 0 Å². The lowest BCUT2D eigenvalue weighted by molar-refractivity contribution is 0.290. The first-order valence-corrected chi connectivity index (χ1v) is 8.71. The van der Waals surface area contributed by atoms with Crippen LogP contribution < -0.4 is 9.80 Å². The first-order valence-electron chi connectivity index (χ1n) is 7.93. The molecule has 2 unspecified atom stereocenters. The van der Waals surface area contributed by atoms with Crippen LogP contribution in [0.25, 0.3) is 0 Å². The van der Waals surface area contributed by atoms with Gasteiger partial charge < -0.3 is 9.80 Å². The van der Waals surface area contributed by atoms with Gasteiger partial charge in [-0.25, -0.2) is 15.0 Å². The molecule has 4 fully saturated rings. The Morgan fingerprint density at radius 3 is 2.68 bits per heavy atom. The number of aromatic nitrogens is 4. The Morgan fingerprint density at radius 2 is 2.00 bits per heavy atom. The molecule has 6 rings (SSSR count). The summed E-state index contributed by atoms with van der Waals surface area (Å²) in [5, 5.41) is 1.08. The zero-order valence-electron chi connectivity index (χ0n) is 12.5. The standard InChI is InChI=1S/C15H18N6S/c1-9-18-15(22-19-9)21-11-4-12(21)7-20(6-11)14-5-13(10-2-3-10)16-8-17-14/h5,8,10-12H,2-4,6-7H2,1H3. The topological polar surface area (TPSA) is 58.0 Å². The average molecular weight is 314 g/mol. The van der Waals surface area contributed by atoms with E-state index in [0.29, 0.717) is 18.0 Å². The van der Waals surface area contributed by atoms with Gasteiger partial charge in [-0.3, -0.25) is 0 Å². The van der Waals surface area contributed by atoms with Crippen molar-refractivity contribution in [3.8, 4) is 0 Å². The summed E-state index contributed by atoms with van der Waals surface area (Å²) in [5.41, 5.74) is 1.22. The van der Waals surface area contributed by atoms with Crippen LogP contribution in [0.1, 0.15) is 36.7 Å². The summed E-state index contributed by atoms with van der Waals surface area (Å²) in [4.78, 5) is 18.3. The zero-order valence-corrected chi connectivity index (χ0v) is 13.3. The van der Waals surface area contributed by atoms with Crippen molar-refractivity contribution in [3.05, 3.63) is 23.9 Å². The van der Waals surface area contributed by atoms with Gasteiger partial charge >= 0.3 is 0 Å². The molecule has 0 N–H and O–H groups in total. The number of piperidine rings is 1. The Morgan fingerprint density at radius 1 is 1.18 bits per heavy atom. The molecule has 2 atom stereocenters. The minimum atomic E-state index is 0.547. The SMILES string of the molecule is Cc1nsc(N2C3CC2CN(c2cc(C4CC4)ncn2)C3)n1. The van der Waals surface area contributed by atoms with E-state index in [0.717, 1.165) is 29.9 Å². The van der Waals surface area contributed by atoms with Crippen molar-refractivity contribution in [2.75, 3.05) is 22.9 Å². The first kappa shape index (κ1) is 12.8. The summed E-state index contributed by atoms with van der Waals surface area (Å²) >= 11 is 1.52. The Labute approximate surface area is 133 Å². The van der Waals surface area contributed by atoms with Gasteiger partial charge in [0.2, 0.25) is 5.13 Å². The second kappa shape index (κ2) is 4.62. The Hall–Kier alpha value is -1.76. The molecule has 0 aromatic carbocycles. The van der Waals surface area contributed by atoms with Crippen LogP contribution in [0.2, 0.25) is 0 Å². The summed E-state index contributed by atoms with van der Waals surface area (Å²) in [6.45, 7) is 4.01. The highest BCUT2D eigenvalue weighted by Gasteiger charge is 2.46. The van der Waals surface area contributed by atoms with Crippen LogP contribution in [-0.2, 0) is 0 Å². The second-order valence-corrected chi connectivity index (χ2v) is 7.29. The van der Waals surface area contributed by atoms with Crippen molar-refractivity contribution in [2.45, 2.75) is 44.2 Å². The van der Waals surface area contributed by atoms with E-state index in [9.17, 15) is 0 Å². The van der Waals surface area contributed by atoms with Gasteiger partial charge in [-0.1, -0.05) is 0 Å². The lowest BCUT2D eigenvalue weighted by Crippen LogP contribution is -2.69. The van der Waals surface area contributed by atoms with Crippen molar-refractivity contribution in [1.82, 2.24) is 19.3 Å². The largest absolute Gasteiger partial charge is 0.352 e. The summed E-state index contributed by atoms with van der Waals surface area (Å²) in [6, 6.07) is 3.29. The summed E-state index contributed by atoms with van der Waals surface area (Å²) < 4.78 is 4.32. The molecule has 3 saturated heterocycles. The molecular weight excluding hydrogens is 296 g/mol. The van der Waals surface area contributed by atoms with Crippen molar-refractivity contribution in [3.63, 3.8) is 0 Å². The van der Waals surface area contributed by atoms with Crippen molar-refractivity contribution in [1.29, 1.82) is 0 Å². The summed E-state index contributed by atoms with van der Waals surface area (Å²) in [7, 11) is 0. The molecule has 0 radical (unpaired) electrons. The number of piperazine rings is 1. The third-order valence-corrected chi connectivity index (χ3v) is 5.75. The number of hydrogen-bond donors (Lipinski definition) is 0. The van der Waals surface area contributed by atoms with Gasteiger partial charge in [-0.2, -0.15) is 4.37 Å². The third kappa shape index (κ3) is 1.99. The lowest BCUT2D eigenvalue weighted by Gasteiger charge is -2.56. The highest BCUT2D eigenvalue weighted by Crippen LogP contribution is 2.41. The fourth-order valence-electron chi connectivity index (χ4n) is 3.64. The average Bonchev–Trinajstić information content (AvgIpc) is 3.31. The minimum absolute atomic E-state index is 0.547. The Balaban J connectivity index is 1.35. The van der Waals surface area contributed by atoms with Gasteiger partial charge in [0.15, 0.2) is 0 Å². The van der Waals surface area contributed by atoms with E-state index in [1.807, 2.05) is 6.92 Å². The van der Waals surface area contributed by atoms with Gasteiger partial charge in [0.25, 0.3) is 0 Å². The molecule has 7 heteroatoms. The van der Waals surface area contributed by atoms with Crippen LogP contribution in [0, 0.1) is 6.92 Å². The van der Waals surface area contributed by atoms with E-state index in [2.05, 4.69) is 35.2 Å². The van der Waals surface area contributed by atoms with E-state index in [4.69, 9.17) is 0 Å². The molecule has 0 spiro atoms. The maximum absolute atomic E-state index is 4.55. The van der Waals surface area contributed by atoms with Crippen LogP contribution in [-0.4, -0.2) is 44.5 Å². The van der Waals surface area contributed by atoms with E-state index in [1.54, 1.807) is 6.33 Å². The lowest BCUT2D eigenvalue weighted by atomic mass is 9.88. The molecule has 2 aromatic rings. The molecule has 2 bridgehead atoms. The molecule has 4 aliphatic rings. The second-order valence-electron chi connectivity index (χ2n) is 6.56. The molecule has 5 heterocycles. The Kier molecular flexibility index (Phi) is 2.68. The van der Waals surface area contributed by atoms with Gasteiger partial charge in [0.05, 0.1) is 12.1 Å². The molecule has 1 aliphatic carbocycles. The zero-order chi connectivity index (χ0) is 14.7. The van der Waals surface area contributed by atoms with Crippen LogP contribution >= 0.6 is 11.5 Å². The highest BCUT2D eigenvalue weighted by molar-refractivity contribution is 7.09.